The molecule has 0 bridgehead atoms. The molecule has 7 heteroatoms. The summed E-state index contributed by atoms with van der Waals surface area (Å²) in [7, 11) is 0. The highest BCUT2D eigenvalue weighted by Gasteiger charge is 2.38. The van der Waals surface area contributed by atoms with Gasteiger partial charge in [-0.2, -0.15) is 13.2 Å². The summed E-state index contributed by atoms with van der Waals surface area (Å²) in [5.74, 6) is -2.76. The van der Waals surface area contributed by atoms with Crippen LogP contribution in [0.4, 0.5) is 13.2 Å². The Kier molecular flexibility index (Phi) is 6.82. The lowest BCUT2D eigenvalue weighted by atomic mass is 10.2. The molecular formula is C10H11BrF3NO2. The second-order valence-corrected chi connectivity index (χ2v) is 3.52. The van der Waals surface area contributed by atoms with E-state index >= 15 is 0 Å². The van der Waals surface area contributed by atoms with Gasteiger partial charge in [0.1, 0.15) is 0 Å². The Hall–Kier alpha value is -1.08. The zero-order valence-corrected chi connectivity index (χ0v) is 10.3. The fourth-order valence-corrected chi connectivity index (χ4v) is 1.14. The van der Waals surface area contributed by atoms with Gasteiger partial charge in [0.15, 0.2) is 0 Å². The minimum atomic E-state index is -5.08. The number of halogens is 4. The highest BCUT2D eigenvalue weighted by molar-refractivity contribution is 9.08. The number of carboxylic acids is 1. The first kappa shape index (κ1) is 15.9. The average Bonchev–Trinajstić information content (AvgIpc) is 2.28. The van der Waals surface area contributed by atoms with Crippen LogP contribution in [0, 0.1) is 0 Å². The molecule has 0 radical (unpaired) electrons. The van der Waals surface area contributed by atoms with E-state index in [0.29, 0.717) is 6.54 Å². The van der Waals surface area contributed by atoms with Gasteiger partial charge in [-0.15, -0.1) is 0 Å². The number of carbonyl (C=O) groups is 1. The predicted octanol–water partition coefficient (Wildman–Crippen LogP) is 2.67. The number of hydrogen-bond donors (Lipinski definition) is 2. The quantitative estimate of drug-likeness (QED) is 0.825. The second-order valence-electron chi connectivity index (χ2n) is 2.96. The van der Waals surface area contributed by atoms with E-state index in [1.807, 2.05) is 0 Å². The summed E-state index contributed by atoms with van der Waals surface area (Å²) in [5, 5.41) is 8.04. The van der Waals surface area contributed by atoms with Crippen LogP contribution in [-0.4, -0.2) is 17.3 Å². The molecule has 0 saturated carbocycles. The van der Waals surface area contributed by atoms with E-state index in [4.69, 9.17) is 15.6 Å². The second kappa shape index (κ2) is 7.29. The summed E-state index contributed by atoms with van der Waals surface area (Å²) in [5.41, 5.74) is 7.90. The normalized spacial score (nSPS) is 10.4. The number of carboxylic acid groups (broad SMARTS) is 1. The molecule has 0 amide bonds. The Bertz CT molecular complexity index is 329. The number of benzene rings is 1. The molecule has 0 saturated heterocycles. The van der Waals surface area contributed by atoms with E-state index in [0.717, 1.165) is 5.33 Å². The van der Waals surface area contributed by atoms with Crippen molar-refractivity contribution in [2.45, 2.75) is 18.1 Å². The van der Waals surface area contributed by atoms with Crippen LogP contribution < -0.4 is 5.73 Å². The number of alkyl halides is 4. The molecule has 0 spiro atoms. The van der Waals surface area contributed by atoms with Crippen molar-refractivity contribution >= 4 is 21.9 Å². The van der Waals surface area contributed by atoms with Crippen LogP contribution in [0.1, 0.15) is 11.1 Å². The van der Waals surface area contributed by atoms with Gasteiger partial charge in [-0.1, -0.05) is 40.2 Å². The first-order chi connectivity index (χ1) is 7.81. The van der Waals surface area contributed by atoms with Gasteiger partial charge < -0.3 is 10.8 Å². The summed E-state index contributed by atoms with van der Waals surface area (Å²) in [6.45, 7) is 0.628. The maximum atomic E-state index is 10.6. The maximum Gasteiger partial charge on any atom is 0.490 e. The molecule has 0 fully saturated rings. The van der Waals surface area contributed by atoms with Crippen LogP contribution in [0.2, 0.25) is 0 Å². The monoisotopic (exact) mass is 313 g/mol. The zero-order valence-electron chi connectivity index (χ0n) is 8.67. The van der Waals surface area contributed by atoms with Crippen molar-refractivity contribution in [3.05, 3.63) is 35.4 Å². The lowest BCUT2D eigenvalue weighted by Gasteiger charge is -1.96. The van der Waals surface area contributed by atoms with Gasteiger partial charge in [-0.3, -0.25) is 0 Å². The smallest absolute Gasteiger partial charge is 0.475 e. The molecule has 3 N–H and O–H groups in total. The van der Waals surface area contributed by atoms with Crippen LogP contribution in [0.3, 0.4) is 0 Å². The Balaban J connectivity index is 0.000000325. The molecule has 96 valence electrons. The molecule has 0 aliphatic carbocycles. The maximum absolute atomic E-state index is 10.6. The van der Waals surface area contributed by atoms with Gasteiger partial charge in [0.25, 0.3) is 0 Å². The molecule has 0 aliphatic rings. The van der Waals surface area contributed by atoms with Crippen LogP contribution in [0.15, 0.2) is 24.3 Å². The molecule has 1 aromatic carbocycles. The van der Waals surface area contributed by atoms with Crippen LogP contribution in [-0.2, 0) is 16.7 Å². The number of aliphatic carboxylic acids is 1. The van der Waals surface area contributed by atoms with Crippen LogP contribution in [0.25, 0.3) is 0 Å². The van der Waals surface area contributed by atoms with Crippen molar-refractivity contribution in [3.63, 3.8) is 0 Å². The van der Waals surface area contributed by atoms with Gasteiger partial charge in [0, 0.05) is 11.9 Å². The van der Waals surface area contributed by atoms with E-state index in [1.54, 1.807) is 0 Å². The summed E-state index contributed by atoms with van der Waals surface area (Å²) < 4.78 is 31.7. The summed E-state index contributed by atoms with van der Waals surface area (Å²) >= 11 is 3.37. The molecule has 1 aromatic rings. The van der Waals surface area contributed by atoms with E-state index in [-0.39, 0.29) is 0 Å². The van der Waals surface area contributed by atoms with Crippen molar-refractivity contribution in [2.75, 3.05) is 0 Å². The summed E-state index contributed by atoms with van der Waals surface area (Å²) in [4.78, 5) is 8.90. The molecule has 1 rings (SSSR count). The predicted molar refractivity (Wildman–Crippen MR) is 60.7 cm³/mol. The highest BCUT2D eigenvalue weighted by Crippen LogP contribution is 2.13. The zero-order chi connectivity index (χ0) is 13.5. The van der Waals surface area contributed by atoms with E-state index < -0.39 is 12.1 Å². The lowest BCUT2D eigenvalue weighted by Crippen LogP contribution is -2.21. The number of nitrogens with two attached hydrogens (primary N) is 1. The fraction of sp³-hybridized carbons (Fsp3) is 0.300. The fourth-order valence-electron chi connectivity index (χ4n) is 0.764. The Morgan fingerprint density at radius 1 is 1.24 bits per heavy atom. The molecule has 0 atom stereocenters. The van der Waals surface area contributed by atoms with Gasteiger partial charge in [0.05, 0.1) is 0 Å². The third-order valence-electron chi connectivity index (χ3n) is 1.66. The Morgan fingerprint density at radius 2 is 1.59 bits per heavy atom. The summed E-state index contributed by atoms with van der Waals surface area (Å²) in [6.07, 6.45) is -5.08. The number of rotatable bonds is 2. The van der Waals surface area contributed by atoms with E-state index in [2.05, 4.69) is 40.2 Å². The van der Waals surface area contributed by atoms with Gasteiger partial charge >= 0.3 is 12.1 Å². The molecule has 0 aromatic heterocycles. The highest BCUT2D eigenvalue weighted by atomic mass is 79.9. The molecular weight excluding hydrogens is 303 g/mol. The van der Waals surface area contributed by atoms with Crippen molar-refractivity contribution in [1.29, 1.82) is 0 Å². The van der Waals surface area contributed by atoms with Crippen LogP contribution in [0.5, 0.6) is 0 Å². The minimum Gasteiger partial charge on any atom is -0.475 e. The Morgan fingerprint density at radius 3 is 1.82 bits per heavy atom. The van der Waals surface area contributed by atoms with Crippen molar-refractivity contribution < 1.29 is 23.1 Å². The molecule has 0 heterocycles. The first-order valence-corrected chi connectivity index (χ1v) is 5.57. The molecule has 3 nitrogen and oxygen atoms in total. The van der Waals surface area contributed by atoms with Crippen molar-refractivity contribution in [3.8, 4) is 0 Å². The van der Waals surface area contributed by atoms with Gasteiger partial charge in [0.2, 0.25) is 0 Å². The van der Waals surface area contributed by atoms with E-state index in [1.165, 1.54) is 11.1 Å². The first-order valence-electron chi connectivity index (χ1n) is 4.45. The third kappa shape index (κ3) is 6.96. The molecule has 17 heavy (non-hydrogen) atoms. The average molecular weight is 314 g/mol. The molecule has 0 unspecified atom stereocenters. The van der Waals surface area contributed by atoms with E-state index in [9.17, 15) is 13.2 Å². The number of hydrogen-bond acceptors (Lipinski definition) is 2. The topological polar surface area (TPSA) is 63.3 Å². The molecule has 0 aliphatic heterocycles. The van der Waals surface area contributed by atoms with Crippen molar-refractivity contribution in [1.82, 2.24) is 0 Å². The Labute approximate surface area is 105 Å². The standard InChI is InChI=1S/C8H10BrN.C2HF3O2/c9-5-7-1-3-8(6-10)4-2-7;3-2(4,5)1(6)7/h1-4H,5-6,10H2;(H,6,7). The van der Waals surface area contributed by atoms with Gasteiger partial charge in [-0.25, -0.2) is 4.79 Å². The SMILES string of the molecule is NCc1ccc(CBr)cc1.O=C(O)C(F)(F)F. The van der Waals surface area contributed by atoms with Crippen LogP contribution >= 0.6 is 15.9 Å². The lowest BCUT2D eigenvalue weighted by molar-refractivity contribution is -0.192. The largest absolute Gasteiger partial charge is 0.490 e. The van der Waals surface area contributed by atoms with Crippen molar-refractivity contribution in [2.24, 2.45) is 5.73 Å². The van der Waals surface area contributed by atoms with Gasteiger partial charge in [-0.05, 0) is 11.1 Å². The minimum absolute atomic E-state index is 0.628. The summed E-state index contributed by atoms with van der Waals surface area (Å²) in [6, 6.07) is 8.26. The third-order valence-corrected chi connectivity index (χ3v) is 2.30.